The summed E-state index contributed by atoms with van der Waals surface area (Å²) in [6.45, 7) is 0.156. The molecule has 31 heavy (non-hydrogen) atoms. The molecule has 0 aliphatic heterocycles. The number of sulfonamides is 1. The highest BCUT2D eigenvalue weighted by atomic mass is 32.2. The van der Waals surface area contributed by atoms with Gasteiger partial charge in [0.05, 0.1) is 17.7 Å². The highest BCUT2D eigenvalue weighted by Gasteiger charge is 2.14. The first-order valence-electron chi connectivity index (χ1n) is 9.65. The molecule has 0 atom stereocenters. The van der Waals surface area contributed by atoms with Crippen LogP contribution in [0.4, 0.5) is 0 Å². The molecule has 6 nitrogen and oxygen atoms in total. The van der Waals surface area contributed by atoms with Gasteiger partial charge in [-0.3, -0.25) is 9.97 Å². The van der Waals surface area contributed by atoms with Crippen molar-refractivity contribution in [1.29, 1.82) is 0 Å². The Morgan fingerprint density at radius 2 is 1.55 bits per heavy atom. The summed E-state index contributed by atoms with van der Waals surface area (Å²) < 4.78 is 33.1. The largest absolute Gasteiger partial charge is 0.497 e. The van der Waals surface area contributed by atoms with Gasteiger partial charge in [-0.05, 0) is 59.2 Å². The van der Waals surface area contributed by atoms with E-state index in [2.05, 4.69) is 14.7 Å². The first-order valence-corrected chi connectivity index (χ1v) is 11.1. The Bertz CT molecular complexity index is 1240. The molecule has 2 heterocycles. The summed E-state index contributed by atoms with van der Waals surface area (Å²) in [6.07, 6.45) is 5.11. The van der Waals surface area contributed by atoms with Crippen LogP contribution < -0.4 is 9.46 Å². The average molecular weight is 432 g/mol. The van der Waals surface area contributed by atoms with E-state index >= 15 is 0 Å². The molecule has 0 spiro atoms. The zero-order valence-corrected chi connectivity index (χ0v) is 17.7. The SMILES string of the molecule is COc1ccc(-c2ccc(S(=O)(=O)NCc3ccc(-c4cccnc4)nc3)cc2)cc1. The highest BCUT2D eigenvalue weighted by molar-refractivity contribution is 7.89. The van der Waals surface area contributed by atoms with E-state index in [1.807, 2.05) is 48.5 Å². The molecule has 7 heteroatoms. The highest BCUT2D eigenvalue weighted by Crippen LogP contribution is 2.24. The van der Waals surface area contributed by atoms with Gasteiger partial charge in [0.1, 0.15) is 5.75 Å². The van der Waals surface area contributed by atoms with Crippen molar-refractivity contribution in [3.05, 3.63) is 97.0 Å². The van der Waals surface area contributed by atoms with E-state index in [1.165, 1.54) is 0 Å². The third-order valence-electron chi connectivity index (χ3n) is 4.84. The van der Waals surface area contributed by atoms with Crippen LogP contribution in [0.15, 0.2) is 96.3 Å². The Hall–Kier alpha value is -3.55. The maximum atomic E-state index is 12.7. The van der Waals surface area contributed by atoms with Gasteiger partial charge in [-0.2, -0.15) is 0 Å². The van der Waals surface area contributed by atoms with Gasteiger partial charge in [0.15, 0.2) is 0 Å². The van der Waals surface area contributed by atoms with Crippen LogP contribution in [-0.4, -0.2) is 25.5 Å². The average Bonchev–Trinajstić information content (AvgIpc) is 2.84. The predicted molar refractivity (Wildman–Crippen MR) is 120 cm³/mol. The molecule has 0 saturated heterocycles. The van der Waals surface area contributed by atoms with Crippen molar-refractivity contribution >= 4 is 10.0 Å². The number of methoxy groups -OCH3 is 1. The monoisotopic (exact) mass is 431 g/mol. The molecule has 1 N–H and O–H groups in total. The number of rotatable bonds is 7. The summed E-state index contributed by atoms with van der Waals surface area (Å²) >= 11 is 0. The number of hydrogen-bond acceptors (Lipinski definition) is 5. The summed E-state index contributed by atoms with van der Waals surface area (Å²) in [5.41, 5.74) is 4.38. The molecule has 0 bridgehead atoms. The second-order valence-corrected chi connectivity index (χ2v) is 8.64. The van der Waals surface area contributed by atoms with Crippen LogP contribution in [-0.2, 0) is 16.6 Å². The normalized spacial score (nSPS) is 11.3. The Balaban J connectivity index is 1.42. The van der Waals surface area contributed by atoms with Crippen molar-refractivity contribution in [2.75, 3.05) is 7.11 Å². The smallest absolute Gasteiger partial charge is 0.240 e. The summed E-state index contributed by atoms with van der Waals surface area (Å²) in [7, 11) is -2.02. The predicted octanol–water partition coefficient (Wildman–Crippen LogP) is 4.30. The molecule has 0 saturated carbocycles. The van der Waals surface area contributed by atoms with E-state index in [1.54, 1.807) is 50.0 Å². The van der Waals surface area contributed by atoms with Gasteiger partial charge in [-0.25, -0.2) is 13.1 Å². The van der Waals surface area contributed by atoms with Crippen LogP contribution in [0, 0.1) is 0 Å². The number of hydrogen-bond donors (Lipinski definition) is 1. The van der Waals surface area contributed by atoms with Gasteiger partial charge in [-0.15, -0.1) is 0 Å². The lowest BCUT2D eigenvalue weighted by Crippen LogP contribution is -2.23. The fourth-order valence-electron chi connectivity index (χ4n) is 3.09. The molecule has 0 fully saturated rings. The third kappa shape index (κ3) is 4.96. The second kappa shape index (κ2) is 9.07. The number of aromatic nitrogens is 2. The molecule has 0 aliphatic rings. The Morgan fingerprint density at radius 3 is 2.13 bits per heavy atom. The maximum Gasteiger partial charge on any atom is 0.240 e. The molecule has 2 aromatic carbocycles. The quantitative estimate of drug-likeness (QED) is 0.472. The fraction of sp³-hybridized carbons (Fsp3) is 0.0833. The lowest BCUT2D eigenvalue weighted by molar-refractivity contribution is 0.415. The molecular formula is C24H21N3O3S. The minimum absolute atomic E-state index is 0.156. The van der Waals surface area contributed by atoms with Gasteiger partial charge in [0.25, 0.3) is 0 Å². The van der Waals surface area contributed by atoms with Gasteiger partial charge in [-0.1, -0.05) is 30.3 Å². The number of benzene rings is 2. The second-order valence-electron chi connectivity index (χ2n) is 6.87. The van der Waals surface area contributed by atoms with E-state index in [9.17, 15) is 8.42 Å². The number of nitrogens with zero attached hydrogens (tertiary/aromatic N) is 2. The standard InChI is InChI=1S/C24H21N3O3S/c1-30-22-9-5-19(6-10-22)20-7-11-23(12-8-20)31(28,29)27-16-18-4-13-24(26-15-18)21-3-2-14-25-17-21/h2-15,17,27H,16H2,1H3. The first-order chi connectivity index (χ1) is 15.0. The van der Waals surface area contributed by atoms with Crippen molar-refractivity contribution < 1.29 is 13.2 Å². The molecule has 0 aliphatic carbocycles. The molecule has 4 aromatic rings. The van der Waals surface area contributed by atoms with Crippen LogP contribution in [0.1, 0.15) is 5.56 Å². The number of pyridine rings is 2. The van der Waals surface area contributed by atoms with E-state index in [-0.39, 0.29) is 11.4 Å². The molecule has 2 aromatic heterocycles. The summed E-state index contributed by atoms with van der Waals surface area (Å²) in [5.74, 6) is 0.773. The number of ether oxygens (including phenoxy) is 1. The van der Waals surface area contributed by atoms with Crippen molar-refractivity contribution in [2.45, 2.75) is 11.4 Å². The van der Waals surface area contributed by atoms with E-state index < -0.39 is 10.0 Å². The topological polar surface area (TPSA) is 81.2 Å². The third-order valence-corrected chi connectivity index (χ3v) is 6.25. The van der Waals surface area contributed by atoms with Crippen molar-refractivity contribution in [2.24, 2.45) is 0 Å². The van der Waals surface area contributed by atoms with Gasteiger partial charge in [0, 0.05) is 30.7 Å². The minimum Gasteiger partial charge on any atom is -0.497 e. The first kappa shape index (κ1) is 20.7. The van der Waals surface area contributed by atoms with E-state index in [0.717, 1.165) is 33.7 Å². The van der Waals surface area contributed by atoms with E-state index in [0.29, 0.717) is 0 Å². The Labute approximate surface area is 181 Å². The number of nitrogens with one attached hydrogen (secondary N) is 1. The van der Waals surface area contributed by atoms with Crippen LogP contribution in [0.2, 0.25) is 0 Å². The van der Waals surface area contributed by atoms with Crippen LogP contribution in [0.5, 0.6) is 5.75 Å². The molecule has 4 rings (SSSR count). The molecular weight excluding hydrogens is 410 g/mol. The molecule has 0 unspecified atom stereocenters. The summed E-state index contributed by atoms with van der Waals surface area (Å²) in [5, 5.41) is 0. The fourth-order valence-corrected chi connectivity index (χ4v) is 4.10. The maximum absolute atomic E-state index is 12.7. The Kier molecular flexibility index (Phi) is 6.06. The van der Waals surface area contributed by atoms with Gasteiger partial charge in [0.2, 0.25) is 10.0 Å². The zero-order valence-electron chi connectivity index (χ0n) is 16.9. The molecule has 156 valence electrons. The van der Waals surface area contributed by atoms with E-state index in [4.69, 9.17) is 4.74 Å². The van der Waals surface area contributed by atoms with Crippen molar-refractivity contribution in [3.8, 4) is 28.1 Å². The summed E-state index contributed by atoms with van der Waals surface area (Å²) in [6, 6.07) is 21.9. The molecule has 0 amide bonds. The minimum atomic E-state index is -3.64. The lowest BCUT2D eigenvalue weighted by atomic mass is 10.1. The van der Waals surface area contributed by atoms with Crippen molar-refractivity contribution in [1.82, 2.24) is 14.7 Å². The van der Waals surface area contributed by atoms with Crippen LogP contribution >= 0.6 is 0 Å². The zero-order chi connectivity index (χ0) is 21.7. The van der Waals surface area contributed by atoms with Gasteiger partial charge >= 0.3 is 0 Å². The molecule has 0 radical (unpaired) electrons. The Morgan fingerprint density at radius 1 is 0.839 bits per heavy atom. The lowest BCUT2D eigenvalue weighted by Gasteiger charge is -2.09. The van der Waals surface area contributed by atoms with Crippen LogP contribution in [0.3, 0.4) is 0 Å². The van der Waals surface area contributed by atoms with Crippen LogP contribution in [0.25, 0.3) is 22.4 Å². The van der Waals surface area contributed by atoms with Crippen molar-refractivity contribution in [3.63, 3.8) is 0 Å². The van der Waals surface area contributed by atoms with Gasteiger partial charge < -0.3 is 4.74 Å². The summed E-state index contributed by atoms with van der Waals surface area (Å²) in [4.78, 5) is 8.69.